The highest BCUT2D eigenvalue weighted by Gasteiger charge is 2.07. The second kappa shape index (κ2) is 4.23. The highest BCUT2D eigenvalue weighted by molar-refractivity contribution is 7.08. The monoisotopic (exact) mass is 247 g/mol. The highest BCUT2D eigenvalue weighted by Crippen LogP contribution is 2.23. The van der Waals surface area contributed by atoms with E-state index in [0.29, 0.717) is 0 Å². The van der Waals surface area contributed by atoms with Gasteiger partial charge in [0.2, 0.25) is 0 Å². The van der Waals surface area contributed by atoms with E-state index >= 15 is 0 Å². The molecule has 0 fully saturated rings. The maximum absolute atomic E-state index is 5.32. The first-order valence-corrected chi connectivity index (χ1v) is 6.79. The Balaban J connectivity index is 1.83. The first-order valence-electron chi connectivity index (χ1n) is 4.91. The molecule has 0 aliphatic heterocycles. The average molecular weight is 247 g/mol. The molecular weight excluding hydrogens is 238 g/mol. The lowest BCUT2D eigenvalue weighted by atomic mass is 10.2. The molecule has 3 aromatic heterocycles. The molecule has 0 atom stereocenters. The summed E-state index contributed by atoms with van der Waals surface area (Å²) in [7, 11) is 0. The summed E-state index contributed by atoms with van der Waals surface area (Å²) in [5.41, 5.74) is 3.33. The van der Waals surface area contributed by atoms with Crippen molar-refractivity contribution in [1.29, 1.82) is 0 Å². The fraction of sp³-hybridized carbons (Fsp3) is 0.0833. The molecule has 0 amide bonds. The summed E-state index contributed by atoms with van der Waals surface area (Å²) >= 11 is 3.37. The summed E-state index contributed by atoms with van der Waals surface area (Å²) in [6, 6.07) is 6.17. The van der Waals surface area contributed by atoms with Crippen molar-refractivity contribution in [3.8, 4) is 11.3 Å². The predicted molar refractivity (Wildman–Crippen MR) is 66.9 cm³/mol. The fourth-order valence-corrected chi connectivity index (χ4v) is 2.86. The second-order valence-electron chi connectivity index (χ2n) is 3.50. The molecular formula is C12H9NOS2. The van der Waals surface area contributed by atoms with Gasteiger partial charge in [-0.25, -0.2) is 0 Å². The SMILES string of the molecule is c1cc(Cc2cc(-c3ccsc3)no2)cs1. The molecule has 0 N–H and O–H groups in total. The van der Waals surface area contributed by atoms with Crippen molar-refractivity contribution < 1.29 is 4.52 Å². The van der Waals surface area contributed by atoms with Crippen molar-refractivity contribution in [2.75, 3.05) is 0 Å². The largest absolute Gasteiger partial charge is 0.360 e. The van der Waals surface area contributed by atoms with Gasteiger partial charge in [0.15, 0.2) is 0 Å². The van der Waals surface area contributed by atoms with Crippen molar-refractivity contribution in [2.45, 2.75) is 6.42 Å². The molecule has 0 aliphatic rings. The van der Waals surface area contributed by atoms with Gasteiger partial charge in [-0.3, -0.25) is 0 Å². The molecule has 0 unspecified atom stereocenters. The first-order chi connectivity index (χ1) is 7.92. The zero-order chi connectivity index (χ0) is 10.8. The quantitative estimate of drug-likeness (QED) is 0.697. The average Bonchev–Trinajstić information content (AvgIpc) is 2.99. The van der Waals surface area contributed by atoms with Crippen molar-refractivity contribution in [3.05, 3.63) is 51.0 Å². The van der Waals surface area contributed by atoms with Crippen LogP contribution in [0.4, 0.5) is 0 Å². The molecule has 0 bridgehead atoms. The van der Waals surface area contributed by atoms with Crippen molar-refractivity contribution >= 4 is 22.7 Å². The number of hydrogen-bond acceptors (Lipinski definition) is 4. The number of aromatic nitrogens is 1. The summed E-state index contributed by atoms with van der Waals surface area (Å²) in [5, 5.41) is 12.4. The van der Waals surface area contributed by atoms with E-state index in [1.54, 1.807) is 22.7 Å². The molecule has 0 spiro atoms. The van der Waals surface area contributed by atoms with E-state index in [1.807, 2.05) is 11.4 Å². The Morgan fingerprint density at radius 2 is 2.00 bits per heavy atom. The van der Waals surface area contributed by atoms with Crippen LogP contribution >= 0.6 is 22.7 Å². The Bertz CT molecular complexity index is 552. The summed E-state index contributed by atoms with van der Waals surface area (Å²) in [6.45, 7) is 0. The lowest BCUT2D eigenvalue weighted by molar-refractivity contribution is 0.392. The van der Waals surface area contributed by atoms with Gasteiger partial charge >= 0.3 is 0 Å². The lowest BCUT2D eigenvalue weighted by Gasteiger charge is -1.88. The van der Waals surface area contributed by atoms with E-state index in [4.69, 9.17) is 4.52 Å². The van der Waals surface area contributed by atoms with Gasteiger partial charge in [0.05, 0.1) is 0 Å². The van der Waals surface area contributed by atoms with Gasteiger partial charge in [-0.15, -0.1) is 0 Å². The summed E-state index contributed by atoms with van der Waals surface area (Å²) in [6.07, 6.45) is 0.820. The van der Waals surface area contributed by atoms with Crippen LogP contribution in [0.1, 0.15) is 11.3 Å². The van der Waals surface area contributed by atoms with E-state index in [-0.39, 0.29) is 0 Å². The summed E-state index contributed by atoms with van der Waals surface area (Å²) < 4.78 is 5.32. The molecule has 2 nitrogen and oxygen atoms in total. The van der Waals surface area contributed by atoms with Crippen LogP contribution in [0.5, 0.6) is 0 Å². The van der Waals surface area contributed by atoms with Gasteiger partial charge in [-0.1, -0.05) is 5.16 Å². The molecule has 3 heterocycles. The Labute approximate surface area is 101 Å². The smallest absolute Gasteiger partial charge is 0.141 e. The minimum Gasteiger partial charge on any atom is -0.360 e. The summed E-state index contributed by atoms with van der Waals surface area (Å²) in [4.78, 5) is 0. The third-order valence-corrected chi connectivity index (χ3v) is 3.75. The molecule has 4 heteroatoms. The summed E-state index contributed by atoms with van der Waals surface area (Å²) in [5.74, 6) is 0.916. The number of nitrogens with zero attached hydrogens (tertiary/aromatic N) is 1. The minimum absolute atomic E-state index is 0.820. The van der Waals surface area contributed by atoms with Crippen LogP contribution in [0.2, 0.25) is 0 Å². The molecule has 16 heavy (non-hydrogen) atoms. The highest BCUT2D eigenvalue weighted by atomic mass is 32.1. The molecule has 0 aliphatic carbocycles. The van der Waals surface area contributed by atoms with Gasteiger partial charge in [0.25, 0.3) is 0 Å². The number of thiophene rings is 2. The topological polar surface area (TPSA) is 26.0 Å². The number of hydrogen-bond donors (Lipinski definition) is 0. The van der Waals surface area contributed by atoms with E-state index in [2.05, 4.69) is 33.4 Å². The van der Waals surface area contributed by atoms with Crippen LogP contribution in [0.25, 0.3) is 11.3 Å². The first kappa shape index (κ1) is 9.81. The van der Waals surface area contributed by atoms with E-state index in [0.717, 1.165) is 23.4 Å². The molecule has 0 radical (unpaired) electrons. The van der Waals surface area contributed by atoms with Crippen LogP contribution in [0.3, 0.4) is 0 Å². The van der Waals surface area contributed by atoms with Crippen LogP contribution in [0.15, 0.2) is 44.2 Å². The molecule has 0 aromatic carbocycles. The maximum Gasteiger partial charge on any atom is 0.141 e. The van der Waals surface area contributed by atoms with E-state index < -0.39 is 0 Å². The second-order valence-corrected chi connectivity index (χ2v) is 5.06. The normalized spacial score (nSPS) is 10.8. The van der Waals surface area contributed by atoms with Crippen molar-refractivity contribution in [1.82, 2.24) is 5.16 Å². The van der Waals surface area contributed by atoms with Gasteiger partial charge in [0, 0.05) is 23.4 Å². The molecule has 0 saturated heterocycles. The van der Waals surface area contributed by atoms with Gasteiger partial charge in [-0.2, -0.15) is 22.7 Å². The molecule has 3 aromatic rings. The van der Waals surface area contributed by atoms with Crippen LogP contribution < -0.4 is 0 Å². The minimum atomic E-state index is 0.820. The molecule has 80 valence electrons. The number of rotatable bonds is 3. The van der Waals surface area contributed by atoms with Crippen LogP contribution in [-0.4, -0.2) is 5.16 Å². The lowest BCUT2D eigenvalue weighted by Crippen LogP contribution is -1.80. The Kier molecular flexibility index (Phi) is 2.60. The van der Waals surface area contributed by atoms with Crippen molar-refractivity contribution in [3.63, 3.8) is 0 Å². The third kappa shape index (κ3) is 1.94. The maximum atomic E-state index is 5.32. The fourth-order valence-electron chi connectivity index (χ4n) is 1.54. The van der Waals surface area contributed by atoms with Gasteiger partial charge < -0.3 is 4.52 Å². The van der Waals surface area contributed by atoms with Crippen molar-refractivity contribution in [2.24, 2.45) is 0 Å². The van der Waals surface area contributed by atoms with E-state index in [9.17, 15) is 0 Å². The zero-order valence-electron chi connectivity index (χ0n) is 8.42. The molecule has 0 saturated carbocycles. The Hall–Kier alpha value is -1.39. The standard InChI is InChI=1S/C12H9NOS2/c1-3-15-7-9(1)5-11-6-12(13-14-11)10-2-4-16-8-10/h1-4,6-8H,5H2. The Morgan fingerprint density at radius 3 is 2.75 bits per heavy atom. The van der Waals surface area contributed by atoms with Gasteiger partial charge in [0.1, 0.15) is 11.5 Å². The van der Waals surface area contributed by atoms with Crippen LogP contribution in [-0.2, 0) is 6.42 Å². The third-order valence-electron chi connectivity index (χ3n) is 2.33. The van der Waals surface area contributed by atoms with Crippen LogP contribution in [0, 0.1) is 0 Å². The van der Waals surface area contributed by atoms with Gasteiger partial charge in [-0.05, 0) is 33.8 Å². The predicted octanol–water partition coefficient (Wildman–Crippen LogP) is 4.06. The Morgan fingerprint density at radius 1 is 1.12 bits per heavy atom. The zero-order valence-corrected chi connectivity index (χ0v) is 10.1. The molecule has 3 rings (SSSR count). The van der Waals surface area contributed by atoms with E-state index in [1.165, 1.54) is 5.56 Å².